The lowest BCUT2D eigenvalue weighted by Gasteiger charge is -2.34. The van der Waals surface area contributed by atoms with Crippen LogP contribution < -0.4 is 14.4 Å². The summed E-state index contributed by atoms with van der Waals surface area (Å²) >= 11 is 1.46. The van der Waals surface area contributed by atoms with Crippen LogP contribution >= 0.6 is 11.3 Å². The number of anilines is 1. The quantitative estimate of drug-likeness (QED) is 0.406. The van der Waals surface area contributed by atoms with Crippen LogP contribution in [0.1, 0.15) is 32.3 Å². The monoisotopic (exact) mass is 465 g/mol. The van der Waals surface area contributed by atoms with Crippen molar-refractivity contribution in [2.45, 2.75) is 39.2 Å². The van der Waals surface area contributed by atoms with E-state index in [2.05, 4.69) is 43.8 Å². The van der Waals surface area contributed by atoms with Crippen LogP contribution in [0.2, 0.25) is 0 Å². The standard InChI is InChI=1S/C23H27N7O2S/c1-4-16-12-25-21(26-13-16)29-9-6-17(7-10-29)15(2)32-23-28-30-14-19(27-22(30)33-23)18-5-8-24-20(11-18)31-3/h5,8,11-15,17H,4,6-7,9-10H2,1-3H3. The fourth-order valence-corrected chi connectivity index (χ4v) is 4.88. The van der Waals surface area contributed by atoms with E-state index < -0.39 is 0 Å². The molecule has 1 atom stereocenters. The number of fused-ring (bicyclic) bond motifs is 1. The summed E-state index contributed by atoms with van der Waals surface area (Å²) in [5.41, 5.74) is 2.93. The van der Waals surface area contributed by atoms with Crippen LogP contribution in [0.25, 0.3) is 16.2 Å². The fraction of sp³-hybridized carbons (Fsp3) is 0.435. The van der Waals surface area contributed by atoms with Gasteiger partial charge in [0, 0.05) is 43.3 Å². The minimum atomic E-state index is 0.0790. The minimum Gasteiger partial charge on any atom is -0.481 e. The van der Waals surface area contributed by atoms with Crippen LogP contribution in [0.15, 0.2) is 36.9 Å². The average molecular weight is 466 g/mol. The summed E-state index contributed by atoms with van der Waals surface area (Å²) in [7, 11) is 1.60. The van der Waals surface area contributed by atoms with E-state index in [0.717, 1.165) is 60.1 Å². The van der Waals surface area contributed by atoms with Crippen LogP contribution in [0.5, 0.6) is 11.1 Å². The first-order valence-electron chi connectivity index (χ1n) is 11.2. The van der Waals surface area contributed by atoms with E-state index in [0.29, 0.717) is 17.0 Å². The van der Waals surface area contributed by atoms with Gasteiger partial charge in [-0.15, -0.1) is 5.10 Å². The van der Waals surface area contributed by atoms with Crippen molar-refractivity contribution < 1.29 is 9.47 Å². The molecule has 4 aromatic heterocycles. The number of imidazole rings is 1. The van der Waals surface area contributed by atoms with E-state index in [1.807, 2.05) is 30.7 Å². The van der Waals surface area contributed by atoms with Gasteiger partial charge in [0.2, 0.25) is 16.8 Å². The van der Waals surface area contributed by atoms with Crippen molar-refractivity contribution >= 4 is 22.2 Å². The molecule has 1 fully saturated rings. The van der Waals surface area contributed by atoms with Gasteiger partial charge in [-0.25, -0.2) is 24.5 Å². The number of hydrogen-bond acceptors (Lipinski definition) is 9. The van der Waals surface area contributed by atoms with Gasteiger partial charge in [-0.1, -0.05) is 6.92 Å². The van der Waals surface area contributed by atoms with Crippen molar-refractivity contribution in [2.24, 2.45) is 5.92 Å². The first-order chi connectivity index (χ1) is 16.1. The van der Waals surface area contributed by atoms with Crippen molar-refractivity contribution in [3.05, 3.63) is 42.5 Å². The number of methoxy groups -OCH3 is 1. The van der Waals surface area contributed by atoms with Gasteiger partial charge in [-0.3, -0.25) is 0 Å². The van der Waals surface area contributed by atoms with Crippen LogP contribution in [0.3, 0.4) is 0 Å². The maximum Gasteiger partial charge on any atom is 0.294 e. The van der Waals surface area contributed by atoms with E-state index in [4.69, 9.17) is 9.47 Å². The lowest BCUT2D eigenvalue weighted by molar-refractivity contribution is 0.131. The Kier molecular flexibility index (Phi) is 6.08. The van der Waals surface area contributed by atoms with Gasteiger partial charge >= 0.3 is 0 Å². The normalized spacial score (nSPS) is 15.7. The maximum atomic E-state index is 6.22. The van der Waals surface area contributed by atoms with Crippen LogP contribution in [0, 0.1) is 5.92 Å². The highest BCUT2D eigenvalue weighted by molar-refractivity contribution is 7.18. The molecule has 1 aliphatic rings. The molecule has 33 heavy (non-hydrogen) atoms. The molecule has 5 rings (SSSR count). The second-order valence-corrected chi connectivity index (χ2v) is 9.12. The largest absolute Gasteiger partial charge is 0.481 e. The smallest absolute Gasteiger partial charge is 0.294 e. The zero-order valence-corrected chi connectivity index (χ0v) is 19.8. The van der Waals surface area contributed by atoms with E-state index in [1.165, 1.54) is 11.3 Å². The molecule has 0 amide bonds. The molecule has 10 heteroatoms. The maximum absolute atomic E-state index is 6.22. The zero-order valence-electron chi connectivity index (χ0n) is 19.0. The molecule has 1 aliphatic heterocycles. The average Bonchev–Trinajstić information content (AvgIpc) is 3.43. The predicted octanol–water partition coefficient (Wildman–Crippen LogP) is 3.90. The van der Waals surface area contributed by atoms with Gasteiger partial charge in [-0.2, -0.15) is 0 Å². The molecule has 0 N–H and O–H groups in total. The van der Waals surface area contributed by atoms with Gasteiger partial charge in [0.25, 0.3) is 5.19 Å². The summed E-state index contributed by atoms with van der Waals surface area (Å²) in [6.07, 6.45) is 10.6. The summed E-state index contributed by atoms with van der Waals surface area (Å²) < 4.78 is 13.2. The Balaban J connectivity index is 1.19. The summed E-state index contributed by atoms with van der Waals surface area (Å²) in [6, 6.07) is 3.77. The number of pyridine rings is 1. The lowest BCUT2D eigenvalue weighted by Crippen LogP contribution is -2.39. The highest BCUT2D eigenvalue weighted by Gasteiger charge is 2.27. The predicted molar refractivity (Wildman–Crippen MR) is 127 cm³/mol. The van der Waals surface area contributed by atoms with Crippen molar-refractivity contribution in [3.8, 4) is 22.3 Å². The summed E-state index contributed by atoms with van der Waals surface area (Å²) in [5.74, 6) is 1.85. The molecule has 0 spiro atoms. The van der Waals surface area contributed by atoms with Gasteiger partial charge in [-0.05, 0) is 55.1 Å². The van der Waals surface area contributed by atoms with Crippen molar-refractivity contribution in [2.75, 3.05) is 25.1 Å². The van der Waals surface area contributed by atoms with Crippen molar-refractivity contribution in [3.63, 3.8) is 0 Å². The topological polar surface area (TPSA) is 90.6 Å². The molecule has 0 radical (unpaired) electrons. The highest BCUT2D eigenvalue weighted by atomic mass is 32.1. The number of ether oxygens (including phenoxy) is 2. The van der Waals surface area contributed by atoms with Crippen molar-refractivity contribution in [1.82, 2.24) is 29.5 Å². The number of piperidine rings is 1. The molecule has 0 aliphatic carbocycles. The van der Waals surface area contributed by atoms with Gasteiger partial charge in [0.1, 0.15) is 6.10 Å². The van der Waals surface area contributed by atoms with Gasteiger partial charge < -0.3 is 14.4 Å². The molecule has 172 valence electrons. The number of aryl methyl sites for hydroxylation is 1. The number of hydrogen-bond donors (Lipinski definition) is 0. The van der Waals surface area contributed by atoms with E-state index in [1.54, 1.807) is 17.8 Å². The Labute approximate surface area is 196 Å². The SMILES string of the molecule is CCc1cnc(N2CCC(C(C)Oc3nn4cc(-c5ccnc(OC)c5)nc4s3)CC2)nc1. The van der Waals surface area contributed by atoms with E-state index in [9.17, 15) is 0 Å². The molecule has 4 aromatic rings. The zero-order chi connectivity index (χ0) is 22.8. The molecule has 1 saturated heterocycles. The molecule has 9 nitrogen and oxygen atoms in total. The van der Waals surface area contributed by atoms with Crippen LogP contribution in [-0.2, 0) is 6.42 Å². The molecule has 1 unspecified atom stereocenters. The third kappa shape index (κ3) is 4.61. The van der Waals surface area contributed by atoms with Gasteiger partial charge in [0.05, 0.1) is 19.0 Å². The highest BCUT2D eigenvalue weighted by Crippen LogP contribution is 2.30. The Morgan fingerprint density at radius 2 is 1.97 bits per heavy atom. The third-order valence-electron chi connectivity index (χ3n) is 6.14. The van der Waals surface area contributed by atoms with E-state index >= 15 is 0 Å². The summed E-state index contributed by atoms with van der Waals surface area (Å²) in [4.78, 5) is 20.9. The second kappa shape index (κ2) is 9.30. The van der Waals surface area contributed by atoms with E-state index in [-0.39, 0.29) is 6.10 Å². The number of rotatable bonds is 7. The molecular formula is C23H27N7O2S. The number of nitrogens with zero attached hydrogens (tertiary/aromatic N) is 7. The lowest BCUT2D eigenvalue weighted by atomic mass is 9.92. The Morgan fingerprint density at radius 3 is 2.67 bits per heavy atom. The first kappa shape index (κ1) is 21.6. The second-order valence-electron chi connectivity index (χ2n) is 8.20. The van der Waals surface area contributed by atoms with Gasteiger partial charge in [0.15, 0.2) is 0 Å². The third-order valence-corrected chi connectivity index (χ3v) is 6.95. The summed E-state index contributed by atoms with van der Waals surface area (Å²) in [6.45, 7) is 6.11. The summed E-state index contributed by atoms with van der Waals surface area (Å²) in [5, 5.41) is 5.23. The molecule has 5 heterocycles. The molecule has 0 saturated carbocycles. The minimum absolute atomic E-state index is 0.0790. The Morgan fingerprint density at radius 1 is 1.18 bits per heavy atom. The first-order valence-corrected chi connectivity index (χ1v) is 12.0. The van der Waals surface area contributed by atoms with Crippen LogP contribution in [0.4, 0.5) is 5.95 Å². The molecular weight excluding hydrogens is 438 g/mol. The molecule has 0 bridgehead atoms. The Hall–Kier alpha value is -3.27. The molecule has 0 aromatic carbocycles. The van der Waals surface area contributed by atoms with Crippen molar-refractivity contribution in [1.29, 1.82) is 0 Å². The van der Waals surface area contributed by atoms with Crippen LogP contribution in [-0.4, -0.2) is 55.9 Å². The Bertz CT molecular complexity index is 1180. The number of aromatic nitrogens is 6. The fourth-order valence-electron chi connectivity index (χ4n) is 4.07.